The molecule has 1 atom stereocenters. The lowest BCUT2D eigenvalue weighted by atomic mass is 10.0. The number of nitrogens with one attached hydrogen (secondary N) is 1. The average molecular weight is 340 g/mol. The summed E-state index contributed by atoms with van der Waals surface area (Å²) in [5, 5.41) is 14.0. The Morgan fingerprint density at radius 2 is 2.11 bits per heavy atom. The fourth-order valence-electron chi connectivity index (χ4n) is 2.12. The van der Waals surface area contributed by atoms with Crippen molar-refractivity contribution in [2.24, 2.45) is 0 Å². The Hall–Kier alpha value is -0.780. The zero-order valence-corrected chi connectivity index (χ0v) is 13.8. The second-order valence-corrected chi connectivity index (χ2v) is 6.48. The second kappa shape index (κ2) is 6.59. The van der Waals surface area contributed by atoms with Gasteiger partial charge < -0.3 is 5.32 Å². The monoisotopic (exact) mass is 339 g/mol. The Morgan fingerprint density at radius 3 is 2.74 bits per heavy atom. The third kappa shape index (κ3) is 3.84. The van der Waals surface area contributed by atoms with Crippen LogP contribution in [0.2, 0.25) is 0 Å². The van der Waals surface area contributed by atoms with E-state index in [2.05, 4.69) is 55.9 Å². The van der Waals surface area contributed by atoms with E-state index in [9.17, 15) is 0 Å². The number of nitrogens with zero attached hydrogens (tertiary/aromatic N) is 2. The predicted octanol–water partition coefficient (Wildman–Crippen LogP) is 3.81. The van der Waals surface area contributed by atoms with Crippen LogP contribution >= 0.6 is 27.3 Å². The molecule has 2 aromatic heterocycles. The summed E-state index contributed by atoms with van der Waals surface area (Å²) in [6.45, 7) is 7.09. The SMILES string of the molecule is CCNC(Cc1cc(Br)cs1)c1cc(C)nnc1C. The van der Waals surface area contributed by atoms with Gasteiger partial charge in [0.25, 0.3) is 0 Å². The van der Waals surface area contributed by atoms with Gasteiger partial charge in [-0.15, -0.1) is 11.3 Å². The molecule has 102 valence electrons. The molecule has 0 amide bonds. The number of halogens is 1. The molecule has 1 N–H and O–H groups in total. The van der Waals surface area contributed by atoms with Crippen LogP contribution in [0.4, 0.5) is 0 Å². The molecule has 0 aliphatic rings. The van der Waals surface area contributed by atoms with E-state index in [1.165, 1.54) is 10.4 Å². The third-order valence-electron chi connectivity index (χ3n) is 2.99. The second-order valence-electron chi connectivity index (χ2n) is 4.57. The van der Waals surface area contributed by atoms with Crippen molar-refractivity contribution < 1.29 is 0 Å². The topological polar surface area (TPSA) is 37.8 Å². The molecular formula is C14H18BrN3S. The average Bonchev–Trinajstić information content (AvgIpc) is 2.77. The summed E-state index contributed by atoms with van der Waals surface area (Å²) in [4.78, 5) is 1.37. The van der Waals surface area contributed by atoms with E-state index < -0.39 is 0 Å². The van der Waals surface area contributed by atoms with Crippen molar-refractivity contribution >= 4 is 27.3 Å². The lowest BCUT2D eigenvalue weighted by Crippen LogP contribution is -2.24. The highest BCUT2D eigenvalue weighted by atomic mass is 79.9. The summed E-state index contributed by atoms with van der Waals surface area (Å²) in [6.07, 6.45) is 0.982. The molecule has 0 spiro atoms. The van der Waals surface area contributed by atoms with Crippen LogP contribution in [0.15, 0.2) is 22.0 Å². The van der Waals surface area contributed by atoms with Crippen LogP contribution in [0.5, 0.6) is 0 Å². The van der Waals surface area contributed by atoms with Gasteiger partial charge in [-0.2, -0.15) is 10.2 Å². The van der Waals surface area contributed by atoms with Crippen LogP contribution < -0.4 is 5.32 Å². The normalized spacial score (nSPS) is 12.6. The first kappa shape index (κ1) is 14.6. The maximum Gasteiger partial charge on any atom is 0.0648 e. The molecule has 2 aromatic rings. The minimum atomic E-state index is 0.296. The summed E-state index contributed by atoms with van der Waals surface area (Å²) < 4.78 is 1.16. The Labute approximate surface area is 126 Å². The highest BCUT2D eigenvalue weighted by Gasteiger charge is 2.16. The van der Waals surface area contributed by atoms with Gasteiger partial charge in [0, 0.05) is 27.2 Å². The van der Waals surface area contributed by atoms with Crippen molar-refractivity contribution in [3.05, 3.63) is 43.8 Å². The van der Waals surface area contributed by atoms with E-state index >= 15 is 0 Å². The molecule has 5 heteroatoms. The molecule has 0 saturated heterocycles. The van der Waals surface area contributed by atoms with E-state index in [-0.39, 0.29) is 0 Å². The summed E-state index contributed by atoms with van der Waals surface area (Å²) in [5.41, 5.74) is 3.22. The molecule has 3 nitrogen and oxygen atoms in total. The predicted molar refractivity (Wildman–Crippen MR) is 83.6 cm³/mol. The molecule has 1 unspecified atom stereocenters. The van der Waals surface area contributed by atoms with Gasteiger partial charge in [-0.1, -0.05) is 6.92 Å². The number of aryl methyl sites for hydroxylation is 2. The lowest BCUT2D eigenvalue weighted by molar-refractivity contribution is 0.545. The third-order valence-corrected chi connectivity index (χ3v) is 4.71. The van der Waals surface area contributed by atoms with Crippen LogP contribution in [0, 0.1) is 13.8 Å². The molecular weight excluding hydrogens is 322 g/mol. The van der Waals surface area contributed by atoms with Crippen LogP contribution in [0.1, 0.15) is 34.8 Å². The van der Waals surface area contributed by atoms with E-state index in [1.54, 1.807) is 11.3 Å². The van der Waals surface area contributed by atoms with Gasteiger partial charge in [0.2, 0.25) is 0 Å². The zero-order valence-electron chi connectivity index (χ0n) is 11.4. The van der Waals surface area contributed by atoms with Crippen LogP contribution in [0.3, 0.4) is 0 Å². The van der Waals surface area contributed by atoms with Crippen molar-refractivity contribution in [3.8, 4) is 0 Å². The molecule has 0 aliphatic heterocycles. The molecule has 0 aromatic carbocycles. The van der Waals surface area contributed by atoms with Gasteiger partial charge in [-0.05, 0) is 54.0 Å². The van der Waals surface area contributed by atoms with Crippen LogP contribution in [-0.2, 0) is 6.42 Å². The Balaban J connectivity index is 2.26. The van der Waals surface area contributed by atoms with Crippen molar-refractivity contribution in [1.29, 1.82) is 0 Å². The molecule has 19 heavy (non-hydrogen) atoms. The van der Waals surface area contributed by atoms with Gasteiger partial charge >= 0.3 is 0 Å². The summed E-state index contributed by atoms with van der Waals surface area (Å²) in [5.74, 6) is 0. The van der Waals surface area contributed by atoms with E-state index in [0.717, 1.165) is 28.8 Å². The number of aromatic nitrogens is 2. The first-order valence-corrected chi connectivity index (χ1v) is 8.04. The molecule has 0 fully saturated rings. The van der Waals surface area contributed by atoms with Gasteiger partial charge in [-0.25, -0.2) is 0 Å². The largest absolute Gasteiger partial charge is 0.310 e. The summed E-state index contributed by atoms with van der Waals surface area (Å²) in [6, 6.07) is 4.62. The van der Waals surface area contributed by atoms with Gasteiger partial charge in [0.05, 0.1) is 11.4 Å². The molecule has 0 aliphatic carbocycles. The maximum atomic E-state index is 4.23. The number of hydrogen-bond donors (Lipinski definition) is 1. The van der Waals surface area contributed by atoms with Gasteiger partial charge in [0.15, 0.2) is 0 Å². The number of likely N-dealkylation sites (N-methyl/N-ethyl adjacent to an activating group) is 1. The fraction of sp³-hybridized carbons (Fsp3) is 0.429. The number of rotatable bonds is 5. The maximum absolute atomic E-state index is 4.23. The molecule has 0 saturated carbocycles. The Kier molecular flexibility index (Phi) is 5.07. The first-order chi connectivity index (χ1) is 9.10. The molecule has 0 bridgehead atoms. The van der Waals surface area contributed by atoms with Crippen LogP contribution in [0.25, 0.3) is 0 Å². The van der Waals surface area contributed by atoms with Gasteiger partial charge in [0.1, 0.15) is 0 Å². The zero-order chi connectivity index (χ0) is 13.8. The fourth-order valence-corrected chi connectivity index (χ4v) is 3.62. The number of thiophene rings is 1. The lowest BCUT2D eigenvalue weighted by Gasteiger charge is -2.19. The smallest absolute Gasteiger partial charge is 0.0648 e. The summed E-state index contributed by atoms with van der Waals surface area (Å²) >= 11 is 5.30. The highest BCUT2D eigenvalue weighted by molar-refractivity contribution is 9.10. The molecule has 2 heterocycles. The first-order valence-electron chi connectivity index (χ1n) is 6.37. The van der Waals surface area contributed by atoms with E-state index in [1.807, 2.05) is 13.8 Å². The van der Waals surface area contributed by atoms with Crippen LogP contribution in [-0.4, -0.2) is 16.7 Å². The standard InChI is InChI=1S/C14H18BrN3S/c1-4-16-14(7-12-6-11(15)8-19-12)13-5-9(2)17-18-10(13)3/h5-6,8,14,16H,4,7H2,1-3H3. The highest BCUT2D eigenvalue weighted by Crippen LogP contribution is 2.26. The van der Waals surface area contributed by atoms with E-state index in [4.69, 9.17) is 0 Å². The van der Waals surface area contributed by atoms with Gasteiger partial charge in [-0.3, -0.25) is 0 Å². The van der Waals surface area contributed by atoms with Crippen molar-refractivity contribution in [2.75, 3.05) is 6.54 Å². The van der Waals surface area contributed by atoms with E-state index in [0.29, 0.717) is 6.04 Å². The molecule has 0 radical (unpaired) electrons. The number of hydrogen-bond acceptors (Lipinski definition) is 4. The minimum absolute atomic E-state index is 0.296. The quantitative estimate of drug-likeness (QED) is 0.899. The Bertz CT molecular complexity index is 553. The van der Waals surface area contributed by atoms with Crippen molar-refractivity contribution in [1.82, 2.24) is 15.5 Å². The summed E-state index contributed by atoms with van der Waals surface area (Å²) in [7, 11) is 0. The minimum Gasteiger partial charge on any atom is -0.310 e. The van der Waals surface area contributed by atoms with Crippen molar-refractivity contribution in [3.63, 3.8) is 0 Å². The molecule has 2 rings (SSSR count). The van der Waals surface area contributed by atoms with Crippen molar-refractivity contribution in [2.45, 2.75) is 33.2 Å². The Morgan fingerprint density at radius 1 is 1.32 bits per heavy atom.